The molecule has 1 N–H and O–H groups in total. The number of carboxylic acids is 1. The number of hydrogen-bond acceptors (Lipinski definition) is 3. The topological polar surface area (TPSA) is 57.8 Å². The van der Waals surface area contributed by atoms with Crippen molar-refractivity contribution in [3.63, 3.8) is 0 Å². The number of carboxylic acid groups (broad SMARTS) is 1. The molecule has 1 aliphatic heterocycles. The van der Waals surface area contributed by atoms with Gasteiger partial charge in [0, 0.05) is 25.3 Å². The van der Waals surface area contributed by atoms with Crippen molar-refractivity contribution >= 4 is 11.6 Å². The predicted octanol–water partition coefficient (Wildman–Crippen LogP) is 3.43. The lowest BCUT2D eigenvalue weighted by molar-refractivity contribution is 0.0687. The molecule has 128 valence electrons. The van der Waals surface area contributed by atoms with E-state index in [2.05, 4.69) is 30.7 Å². The lowest BCUT2D eigenvalue weighted by atomic mass is 9.65. The van der Waals surface area contributed by atoms with Crippen LogP contribution in [0.15, 0.2) is 24.4 Å². The van der Waals surface area contributed by atoms with Crippen molar-refractivity contribution < 1.29 is 9.90 Å². The van der Waals surface area contributed by atoms with Gasteiger partial charge < -0.3 is 9.51 Å². The number of hydrogen-bond donors (Lipinski definition) is 1. The summed E-state index contributed by atoms with van der Waals surface area (Å²) in [6, 6.07) is 6.22. The van der Waals surface area contributed by atoms with E-state index in [1.54, 1.807) is 0 Å². The average molecular weight is 327 g/mol. The molecule has 1 saturated carbocycles. The van der Waals surface area contributed by atoms with Gasteiger partial charge in [-0.15, -0.1) is 0 Å². The first-order valence-corrected chi connectivity index (χ1v) is 8.70. The largest absolute Gasteiger partial charge is 0.476 e. The molecule has 2 aromatic rings. The molecular weight excluding hydrogens is 302 g/mol. The van der Waals surface area contributed by atoms with Crippen LogP contribution in [0.2, 0.25) is 0 Å². The molecule has 2 unspecified atom stereocenters. The lowest BCUT2D eigenvalue weighted by Gasteiger charge is -2.39. The highest BCUT2D eigenvalue weighted by Crippen LogP contribution is 2.52. The van der Waals surface area contributed by atoms with E-state index in [9.17, 15) is 9.90 Å². The van der Waals surface area contributed by atoms with Gasteiger partial charge in [-0.2, -0.15) is 0 Å². The van der Waals surface area contributed by atoms with E-state index in [0.29, 0.717) is 29.1 Å². The first kappa shape index (κ1) is 15.6. The number of rotatable bonds is 3. The molecule has 5 nitrogen and oxygen atoms in total. The smallest absolute Gasteiger partial charge is 0.356 e. The highest BCUT2D eigenvalue weighted by atomic mass is 16.4. The molecule has 2 bridgehead atoms. The fourth-order valence-electron chi connectivity index (χ4n) is 5.32. The average Bonchev–Trinajstić information content (AvgIpc) is 2.94. The number of aromatic nitrogens is 2. The van der Waals surface area contributed by atoms with E-state index in [1.165, 1.54) is 19.3 Å². The molecule has 0 amide bonds. The number of carbonyl (C=O) groups is 1. The Morgan fingerprint density at radius 1 is 1.33 bits per heavy atom. The minimum Gasteiger partial charge on any atom is -0.476 e. The summed E-state index contributed by atoms with van der Waals surface area (Å²) in [5, 5.41) is 9.57. The highest BCUT2D eigenvalue weighted by Gasteiger charge is 2.49. The third kappa shape index (κ3) is 2.51. The first-order valence-electron chi connectivity index (χ1n) is 8.70. The molecule has 2 atom stereocenters. The van der Waals surface area contributed by atoms with Crippen LogP contribution >= 0.6 is 0 Å². The number of aromatic carboxylic acids is 1. The molecule has 0 aromatic carbocycles. The Hall–Kier alpha value is -1.88. The van der Waals surface area contributed by atoms with Gasteiger partial charge in [0.25, 0.3) is 0 Å². The fraction of sp³-hybridized carbons (Fsp3) is 0.579. The number of imidazole rings is 1. The maximum Gasteiger partial charge on any atom is 0.356 e. The molecule has 0 spiro atoms. The normalized spacial score (nSPS) is 29.2. The van der Waals surface area contributed by atoms with Crippen LogP contribution in [0.1, 0.15) is 56.2 Å². The van der Waals surface area contributed by atoms with Crippen molar-refractivity contribution in [1.82, 2.24) is 14.3 Å². The second-order valence-corrected chi connectivity index (χ2v) is 8.76. The van der Waals surface area contributed by atoms with E-state index >= 15 is 0 Å². The summed E-state index contributed by atoms with van der Waals surface area (Å²) < 4.78 is 1.93. The van der Waals surface area contributed by atoms with Crippen molar-refractivity contribution in [2.24, 2.45) is 10.8 Å². The number of pyridine rings is 1. The van der Waals surface area contributed by atoms with Crippen molar-refractivity contribution in [3.05, 3.63) is 35.8 Å². The van der Waals surface area contributed by atoms with Gasteiger partial charge >= 0.3 is 5.97 Å². The van der Waals surface area contributed by atoms with E-state index in [4.69, 9.17) is 0 Å². The van der Waals surface area contributed by atoms with Crippen LogP contribution in [0.25, 0.3) is 5.65 Å². The minimum absolute atomic E-state index is 0.187. The van der Waals surface area contributed by atoms with Gasteiger partial charge in [-0.3, -0.25) is 4.90 Å². The van der Waals surface area contributed by atoms with Crippen LogP contribution in [0.4, 0.5) is 0 Å². The second kappa shape index (κ2) is 5.06. The molecule has 1 saturated heterocycles. The van der Waals surface area contributed by atoms with E-state index in [1.807, 2.05) is 28.8 Å². The Kier molecular flexibility index (Phi) is 3.29. The Morgan fingerprint density at radius 2 is 2.12 bits per heavy atom. The van der Waals surface area contributed by atoms with Crippen LogP contribution in [-0.2, 0) is 6.54 Å². The fourth-order valence-corrected chi connectivity index (χ4v) is 5.32. The zero-order valence-corrected chi connectivity index (χ0v) is 14.6. The van der Waals surface area contributed by atoms with Gasteiger partial charge in [0.2, 0.25) is 0 Å². The third-order valence-electron chi connectivity index (χ3n) is 5.71. The van der Waals surface area contributed by atoms with Gasteiger partial charge in [-0.25, -0.2) is 9.78 Å². The number of nitrogens with zero attached hydrogens (tertiary/aromatic N) is 3. The van der Waals surface area contributed by atoms with E-state index in [0.717, 1.165) is 12.2 Å². The van der Waals surface area contributed by atoms with Gasteiger partial charge in [0.15, 0.2) is 5.69 Å². The quantitative estimate of drug-likeness (QED) is 0.938. The monoisotopic (exact) mass is 327 g/mol. The van der Waals surface area contributed by atoms with Crippen molar-refractivity contribution in [3.8, 4) is 0 Å². The van der Waals surface area contributed by atoms with Crippen LogP contribution < -0.4 is 0 Å². The Balaban J connectivity index is 1.70. The zero-order chi connectivity index (χ0) is 17.1. The molecular formula is C19H25N3O2. The Labute approximate surface area is 142 Å². The molecule has 0 radical (unpaired) electrons. The van der Waals surface area contributed by atoms with Crippen molar-refractivity contribution in [2.45, 2.75) is 52.6 Å². The minimum atomic E-state index is -0.942. The van der Waals surface area contributed by atoms with Gasteiger partial charge in [-0.05, 0) is 42.2 Å². The van der Waals surface area contributed by atoms with Gasteiger partial charge in [0.1, 0.15) is 5.65 Å². The summed E-state index contributed by atoms with van der Waals surface area (Å²) >= 11 is 0. The van der Waals surface area contributed by atoms with Crippen LogP contribution in [0.5, 0.6) is 0 Å². The molecule has 4 rings (SSSR count). The Morgan fingerprint density at radius 3 is 2.88 bits per heavy atom. The SMILES string of the molecule is CC1(C)CC2CC(C)(CN2Cc2c(C(=O)O)nc3ccccn23)C1. The van der Waals surface area contributed by atoms with E-state index in [-0.39, 0.29) is 5.69 Å². The van der Waals surface area contributed by atoms with Crippen LogP contribution in [0.3, 0.4) is 0 Å². The van der Waals surface area contributed by atoms with Gasteiger partial charge in [-0.1, -0.05) is 26.8 Å². The van der Waals surface area contributed by atoms with Crippen molar-refractivity contribution in [2.75, 3.05) is 6.54 Å². The van der Waals surface area contributed by atoms with Crippen LogP contribution in [-0.4, -0.2) is 37.9 Å². The highest BCUT2D eigenvalue weighted by molar-refractivity contribution is 5.88. The standard InChI is InChI=1S/C19H25N3O2/c1-18(2)8-13-9-19(3,11-18)12-21(13)10-14-16(17(23)24)20-15-6-4-5-7-22(14)15/h4-7,13H,8-12H2,1-3H3,(H,23,24). The van der Waals surface area contributed by atoms with Crippen molar-refractivity contribution in [1.29, 1.82) is 0 Å². The summed E-state index contributed by atoms with van der Waals surface area (Å²) in [5.41, 5.74) is 2.40. The maximum absolute atomic E-state index is 11.7. The molecule has 24 heavy (non-hydrogen) atoms. The predicted molar refractivity (Wildman–Crippen MR) is 92.1 cm³/mol. The summed E-state index contributed by atoms with van der Waals surface area (Å²) in [4.78, 5) is 18.5. The molecule has 5 heteroatoms. The summed E-state index contributed by atoms with van der Waals surface area (Å²) in [5.74, 6) is -0.942. The number of fused-ring (bicyclic) bond motifs is 3. The summed E-state index contributed by atoms with van der Waals surface area (Å²) in [7, 11) is 0. The first-order chi connectivity index (χ1) is 11.3. The van der Waals surface area contributed by atoms with Gasteiger partial charge in [0.05, 0.1) is 5.69 Å². The summed E-state index contributed by atoms with van der Waals surface area (Å²) in [6.45, 7) is 8.80. The molecule has 2 fully saturated rings. The maximum atomic E-state index is 11.7. The lowest BCUT2D eigenvalue weighted by Crippen LogP contribution is -2.34. The summed E-state index contributed by atoms with van der Waals surface area (Å²) in [6.07, 6.45) is 5.56. The second-order valence-electron chi connectivity index (χ2n) is 8.76. The molecule has 3 heterocycles. The molecule has 2 aromatic heterocycles. The van der Waals surface area contributed by atoms with Crippen LogP contribution in [0, 0.1) is 10.8 Å². The van der Waals surface area contributed by atoms with E-state index < -0.39 is 5.97 Å². The molecule has 2 aliphatic rings. The molecule has 1 aliphatic carbocycles. The Bertz CT molecular complexity index is 810. The number of likely N-dealkylation sites (tertiary alicyclic amines) is 1. The third-order valence-corrected chi connectivity index (χ3v) is 5.71. The zero-order valence-electron chi connectivity index (χ0n) is 14.6.